The van der Waals surface area contributed by atoms with E-state index < -0.39 is 10.8 Å². The molecule has 14 rings (SSSR count). The monoisotopic (exact) mass is 835 g/mol. The quantitative estimate of drug-likeness (QED) is 0.175. The molecule has 10 aromatic carbocycles. The lowest BCUT2D eigenvalue weighted by Gasteiger charge is -2.40. The summed E-state index contributed by atoms with van der Waals surface area (Å²) < 4.78 is 0. The van der Waals surface area contributed by atoms with Gasteiger partial charge < -0.3 is 4.90 Å². The molecule has 1 nitrogen and oxygen atoms in total. The number of benzene rings is 10. The lowest BCUT2D eigenvalue weighted by molar-refractivity contribution is 0.722. The van der Waals surface area contributed by atoms with E-state index in [9.17, 15) is 0 Å². The van der Waals surface area contributed by atoms with Crippen LogP contribution in [-0.2, 0) is 10.8 Å². The lowest BCUT2D eigenvalue weighted by Crippen LogP contribution is -2.32. The van der Waals surface area contributed by atoms with E-state index in [0.717, 1.165) is 17.1 Å². The summed E-state index contributed by atoms with van der Waals surface area (Å²) in [5, 5.41) is 2.45. The van der Waals surface area contributed by atoms with E-state index in [0.29, 0.717) is 0 Å². The van der Waals surface area contributed by atoms with Crippen molar-refractivity contribution < 1.29 is 0 Å². The fourth-order valence-corrected chi connectivity index (χ4v) is 14.1. The largest absolute Gasteiger partial charge is 0.310 e. The van der Waals surface area contributed by atoms with Crippen LogP contribution in [0.4, 0.5) is 17.1 Å². The van der Waals surface area contributed by atoms with Crippen molar-refractivity contribution in [1.29, 1.82) is 0 Å². The molecule has 0 amide bonds. The molecule has 3 heteroatoms. The second kappa shape index (κ2) is 13.2. The van der Waals surface area contributed by atoms with E-state index in [1.165, 1.54) is 97.1 Å². The molecule has 0 aromatic heterocycles. The van der Waals surface area contributed by atoms with Crippen molar-refractivity contribution in [1.82, 2.24) is 0 Å². The summed E-state index contributed by atoms with van der Waals surface area (Å²) in [5.74, 6) is 0. The molecular formula is C60H37NS2. The first-order valence-electron chi connectivity index (χ1n) is 21.7. The molecule has 294 valence electrons. The molecule has 63 heavy (non-hydrogen) atoms. The smallest absolute Gasteiger partial charge is 0.0736 e. The summed E-state index contributed by atoms with van der Waals surface area (Å²) in [5.41, 5.74) is 18.4. The van der Waals surface area contributed by atoms with Crippen LogP contribution in [0.2, 0.25) is 0 Å². The Labute approximate surface area is 375 Å². The SMILES string of the molecule is c1ccc2c(c1)Sc1ccccc1C21c2ccccc2-c2cc(N(c3ccc4c(c3)C3(c5ccccc5Sc5ccccc53)c3ccccc3-4)c3ccc4ccccc4c3)ccc21. The van der Waals surface area contributed by atoms with Gasteiger partial charge in [0.1, 0.15) is 0 Å². The lowest BCUT2D eigenvalue weighted by atomic mass is 9.67. The molecule has 10 aromatic rings. The molecule has 0 fully saturated rings. The van der Waals surface area contributed by atoms with Crippen molar-refractivity contribution in [3.05, 3.63) is 269 Å². The molecular weight excluding hydrogens is 799 g/mol. The average molecular weight is 836 g/mol. The number of hydrogen-bond acceptors (Lipinski definition) is 3. The van der Waals surface area contributed by atoms with Crippen molar-refractivity contribution in [2.75, 3.05) is 4.90 Å². The molecule has 2 heterocycles. The zero-order valence-electron chi connectivity index (χ0n) is 34.1. The molecule has 0 bridgehead atoms. The number of fused-ring (bicyclic) bond motifs is 19. The Morgan fingerprint density at radius 3 is 1.22 bits per heavy atom. The second-order valence-corrected chi connectivity index (χ2v) is 19.3. The van der Waals surface area contributed by atoms with Gasteiger partial charge in [-0.15, -0.1) is 0 Å². The molecule has 2 aliphatic carbocycles. The molecule has 4 aliphatic rings. The van der Waals surface area contributed by atoms with Crippen LogP contribution >= 0.6 is 23.5 Å². The third kappa shape index (κ3) is 4.71. The minimum Gasteiger partial charge on any atom is -0.310 e. The first-order chi connectivity index (χ1) is 31.2. The van der Waals surface area contributed by atoms with Crippen LogP contribution in [0.1, 0.15) is 44.5 Å². The van der Waals surface area contributed by atoms with Crippen LogP contribution in [0.25, 0.3) is 33.0 Å². The highest BCUT2D eigenvalue weighted by Crippen LogP contribution is 2.65. The molecule has 2 aliphatic heterocycles. The van der Waals surface area contributed by atoms with Gasteiger partial charge in [0.2, 0.25) is 0 Å². The molecule has 2 spiro atoms. The third-order valence-electron chi connectivity index (χ3n) is 14.2. The Hall–Kier alpha value is -7.04. The van der Waals surface area contributed by atoms with Crippen LogP contribution in [0.15, 0.2) is 244 Å². The first-order valence-corrected chi connectivity index (χ1v) is 23.4. The van der Waals surface area contributed by atoms with Gasteiger partial charge in [-0.25, -0.2) is 0 Å². The Morgan fingerprint density at radius 1 is 0.254 bits per heavy atom. The maximum absolute atomic E-state index is 2.52. The number of nitrogens with zero attached hydrogens (tertiary/aromatic N) is 1. The fourth-order valence-electron chi connectivity index (χ4n) is 11.7. The molecule has 0 saturated carbocycles. The topological polar surface area (TPSA) is 3.24 Å². The van der Waals surface area contributed by atoms with Crippen molar-refractivity contribution in [2.24, 2.45) is 0 Å². The summed E-state index contributed by atoms with van der Waals surface area (Å²) in [6.07, 6.45) is 0. The van der Waals surface area contributed by atoms with E-state index in [4.69, 9.17) is 0 Å². The summed E-state index contributed by atoms with van der Waals surface area (Å²) in [4.78, 5) is 7.76. The van der Waals surface area contributed by atoms with Gasteiger partial charge in [-0.2, -0.15) is 0 Å². The standard InChI is InChI=1S/C60H37NS2/c1-2-16-39-35-40(30-29-38(39)15-1)61(41-32-34-49-46(36-41)44-18-4-6-20-48(44)59(49)50-21-7-11-25-55(50)62-56-26-12-8-22-51(56)59)42-31-33-45-43-17-3-5-19-47(43)60(54(45)37-42)52-23-9-13-27-57(52)63-58-28-14-10-24-53(58)60/h1-37H. The van der Waals surface area contributed by atoms with Gasteiger partial charge in [-0.1, -0.05) is 187 Å². The first kappa shape index (κ1) is 35.5. The zero-order chi connectivity index (χ0) is 41.3. The third-order valence-corrected chi connectivity index (χ3v) is 16.5. The number of rotatable bonds is 3. The maximum atomic E-state index is 2.52. The molecule has 0 unspecified atom stereocenters. The predicted molar refractivity (Wildman–Crippen MR) is 261 cm³/mol. The van der Waals surface area contributed by atoms with Crippen LogP contribution in [-0.4, -0.2) is 0 Å². The number of anilines is 3. The Bertz CT molecular complexity index is 3470. The Kier molecular flexibility index (Phi) is 7.47. The molecule has 0 atom stereocenters. The van der Waals surface area contributed by atoms with E-state index >= 15 is 0 Å². The Morgan fingerprint density at radius 2 is 0.635 bits per heavy atom. The predicted octanol–water partition coefficient (Wildman–Crippen LogP) is 16.0. The zero-order valence-corrected chi connectivity index (χ0v) is 35.8. The van der Waals surface area contributed by atoms with Gasteiger partial charge >= 0.3 is 0 Å². The van der Waals surface area contributed by atoms with Gasteiger partial charge in [0, 0.05) is 36.6 Å². The number of hydrogen-bond donors (Lipinski definition) is 0. The summed E-state index contributed by atoms with van der Waals surface area (Å²) in [6, 6.07) is 84.7. The highest BCUT2D eigenvalue weighted by atomic mass is 32.2. The van der Waals surface area contributed by atoms with Crippen molar-refractivity contribution >= 4 is 51.4 Å². The maximum Gasteiger partial charge on any atom is 0.0736 e. The highest BCUT2D eigenvalue weighted by Gasteiger charge is 2.52. The minimum atomic E-state index is -0.474. The van der Waals surface area contributed by atoms with Gasteiger partial charge in [0.05, 0.1) is 10.8 Å². The van der Waals surface area contributed by atoms with Crippen molar-refractivity contribution in [3.8, 4) is 22.3 Å². The van der Waals surface area contributed by atoms with Crippen molar-refractivity contribution in [3.63, 3.8) is 0 Å². The minimum absolute atomic E-state index is 0.428. The second-order valence-electron chi connectivity index (χ2n) is 17.1. The fraction of sp³-hybridized carbons (Fsp3) is 0.0333. The normalized spacial score (nSPS) is 14.8. The van der Waals surface area contributed by atoms with Gasteiger partial charge in [0.25, 0.3) is 0 Å². The van der Waals surface area contributed by atoms with E-state index in [-0.39, 0.29) is 0 Å². The summed E-state index contributed by atoms with van der Waals surface area (Å²) in [7, 11) is 0. The van der Waals surface area contributed by atoms with Crippen molar-refractivity contribution in [2.45, 2.75) is 30.4 Å². The van der Waals surface area contributed by atoms with Crippen LogP contribution in [0.3, 0.4) is 0 Å². The Balaban J connectivity index is 1.04. The summed E-state index contributed by atoms with van der Waals surface area (Å²) in [6.45, 7) is 0. The summed E-state index contributed by atoms with van der Waals surface area (Å²) >= 11 is 3.79. The molecule has 0 saturated heterocycles. The van der Waals surface area contributed by atoms with Gasteiger partial charge in [-0.3, -0.25) is 0 Å². The van der Waals surface area contributed by atoms with Gasteiger partial charge in [0.15, 0.2) is 0 Å². The highest BCUT2D eigenvalue weighted by molar-refractivity contribution is 7.99. The van der Waals surface area contributed by atoms with E-state index in [2.05, 4.69) is 229 Å². The van der Waals surface area contributed by atoms with E-state index in [1.54, 1.807) is 0 Å². The van der Waals surface area contributed by atoms with E-state index in [1.807, 2.05) is 23.5 Å². The molecule has 0 N–H and O–H groups in total. The van der Waals surface area contributed by atoms with Crippen LogP contribution < -0.4 is 4.90 Å². The molecule has 0 radical (unpaired) electrons. The van der Waals surface area contributed by atoms with Crippen LogP contribution in [0, 0.1) is 0 Å². The van der Waals surface area contributed by atoms with Gasteiger partial charge in [-0.05, 0) is 138 Å². The van der Waals surface area contributed by atoms with Crippen LogP contribution in [0.5, 0.6) is 0 Å². The average Bonchev–Trinajstić information content (AvgIpc) is 3.79.